The van der Waals surface area contributed by atoms with Gasteiger partial charge in [-0.25, -0.2) is 0 Å². The standard InChI is InChI=1S/C13H25N5O/c1-4-18-12(9-11(2)16-18)10-17(7-8-19-3)6-5-13(14)15/h9H,4-8,10H2,1-3H3,(H3,14,15). The van der Waals surface area contributed by atoms with Crippen LogP contribution >= 0.6 is 0 Å². The molecule has 1 heterocycles. The number of amidine groups is 1. The van der Waals surface area contributed by atoms with E-state index in [1.165, 1.54) is 5.69 Å². The van der Waals surface area contributed by atoms with Crippen molar-refractivity contribution in [3.63, 3.8) is 0 Å². The highest BCUT2D eigenvalue weighted by Gasteiger charge is 2.11. The van der Waals surface area contributed by atoms with Gasteiger partial charge in [0.15, 0.2) is 0 Å². The largest absolute Gasteiger partial charge is 0.388 e. The highest BCUT2D eigenvalue weighted by atomic mass is 16.5. The van der Waals surface area contributed by atoms with E-state index >= 15 is 0 Å². The molecule has 0 fully saturated rings. The van der Waals surface area contributed by atoms with Gasteiger partial charge in [0.1, 0.15) is 0 Å². The third-order valence-electron chi connectivity index (χ3n) is 2.98. The molecule has 1 aromatic heterocycles. The quantitative estimate of drug-likeness (QED) is 0.516. The van der Waals surface area contributed by atoms with Crippen LogP contribution in [0.5, 0.6) is 0 Å². The van der Waals surface area contributed by atoms with E-state index in [0.717, 1.165) is 31.9 Å². The average molecular weight is 267 g/mol. The van der Waals surface area contributed by atoms with Gasteiger partial charge in [0.2, 0.25) is 0 Å². The average Bonchev–Trinajstić information content (AvgIpc) is 2.72. The van der Waals surface area contributed by atoms with Crippen LogP contribution in [0.1, 0.15) is 24.7 Å². The van der Waals surface area contributed by atoms with E-state index < -0.39 is 0 Å². The van der Waals surface area contributed by atoms with Crippen LogP contribution in [-0.4, -0.2) is 47.3 Å². The number of ether oxygens (including phenoxy) is 1. The molecule has 6 heteroatoms. The van der Waals surface area contributed by atoms with Crippen LogP contribution in [0.3, 0.4) is 0 Å². The molecule has 0 saturated carbocycles. The summed E-state index contributed by atoms with van der Waals surface area (Å²) < 4.78 is 7.15. The molecule has 3 N–H and O–H groups in total. The SMILES string of the molecule is CCn1nc(C)cc1CN(CCOC)CCC(=N)N. The number of nitrogens with zero attached hydrogens (tertiary/aromatic N) is 3. The maximum atomic E-state index is 7.33. The molecule has 108 valence electrons. The van der Waals surface area contributed by atoms with Gasteiger partial charge >= 0.3 is 0 Å². The lowest BCUT2D eigenvalue weighted by molar-refractivity contribution is 0.144. The lowest BCUT2D eigenvalue weighted by Gasteiger charge is -2.21. The van der Waals surface area contributed by atoms with Gasteiger partial charge in [0.25, 0.3) is 0 Å². The lowest BCUT2D eigenvalue weighted by atomic mass is 10.3. The van der Waals surface area contributed by atoms with Crippen molar-refractivity contribution in [2.24, 2.45) is 5.73 Å². The minimum atomic E-state index is 0.225. The Kier molecular flexibility index (Phi) is 6.52. The number of hydrogen-bond acceptors (Lipinski definition) is 4. The normalized spacial score (nSPS) is 11.2. The summed E-state index contributed by atoms with van der Waals surface area (Å²) in [6.45, 7) is 8.05. The number of aromatic nitrogens is 2. The minimum Gasteiger partial charge on any atom is -0.388 e. The van der Waals surface area contributed by atoms with Crippen LogP contribution in [0.25, 0.3) is 0 Å². The highest BCUT2D eigenvalue weighted by molar-refractivity contribution is 5.76. The summed E-state index contributed by atoms with van der Waals surface area (Å²) in [5, 5.41) is 11.8. The zero-order valence-electron chi connectivity index (χ0n) is 12.1. The zero-order valence-corrected chi connectivity index (χ0v) is 12.1. The Hall–Kier alpha value is -1.40. The molecule has 19 heavy (non-hydrogen) atoms. The van der Waals surface area contributed by atoms with Crippen LogP contribution in [0.4, 0.5) is 0 Å². The summed E-state index contributed by atoms with van der Waals surface area (Å²) >= 11 is 0. The first-order valence-corrected chi connectivity index (χ1v) is 6.64. The minimum absolute atomic E-state index is 0.225. The van der Waals surface area contributed by atoms with Gasteiger partial charge in [-0.2, -0.15) is 5.10 Å². The number of nitrogens with two attached hydrogens (primary N) is 1. The van der Waals surface area contributed by atoms with Crippen molar-refractivity contribution in [1.82, 2.24) is 14.7 Å². The predicted octanol–water partition coefficient (Wildman–Crippen LogP) is 0.986. The number of hydrogen-bond donors (Lipinski definition) is 2. The van der Waals surface area contributed by atoms with Crippen LogP contribution < -0.4 is 5.73 Å². The second-order valence-corrected chi connectivity index (χ2v) is 4.64. The molecule has 0 aliphatic heterocycles. The van der Waals surface area contributed by atoms with E-state index in [0.29, 0.717) is 13.0 Å². The molecule has 1 aromatic rings. The van der Waals surface area contributed by atoms with Crippen molar-refractivity contribution in [3.05, 3.63) is 17.5 Å². The first kappa shape index (κ1) is 15.7. The number of methoxy groups -OCH3 is 1. The first-order valence-electron chi connectivity index (χ1n) is 6.64. The van der Waals surface area contributed by atoms with Crippen molar-refractivity contribution in [1.29, 1.82) is 5.41 Å². The molecule has 1 rings (SSSR count). The number of aryl methyl sites for hydroxylation is 2. The maximum Gasteiger partial charge on any atom is 0.0918 e. The van der Waals surface area contributed by atoms with Crippen LogP contribution in [0.2, 0.25) is 0 Å². The second kappa shape index (κ2) is 7.91. The smallest absolute Gasteiger partial charge is 0.0918 e. The fourth-order valence-corrected chi connectivity index (χ4v) is 2.00. The van der Waals surface area contributed by atoms with Gasteiger partial charge in [-0.05, 0) is 19.9 Å². The molecule has 0 unspecified atom stereocenters. The van der Waals surface area contributed by atoms with Crippen molar-refractivity contribution < 1.29 is 4.74 Å². The van der Waals surface area contributed by atoms with E-state index in [1.54, 1.807) is 7.11 Å². The van der Waals surface area contributed by atoms with E-state index in [1.807, 2.05) is 11.6 Å². The summed E-state index contributed by atoms with van der Waals surface area (Å²) in [6, 6.07) is 2.11. The molecule has 0 aliphatic carbocycles. The molecule has 0 saturated heterocycles. The Morgan fingerprint density at radius 1 is 1.53 bits per heavy atom. The molecular weight excluding hydrogens is 242 g/mol. The Balaban J connectivity index is 2.65. The third kappa shape index (κ3) is 5.40. The fourth-order valence-electron chi connectivity index (χ4n) is 2.00. The van der Waals surface area contributed by atoms with Crippen molar-refractivity contribution in [3.8, 4) is 0 Å². The first-order chi connectivity index (χ1) is 9.06. The second-order valence-electron chi connectivity index (χ2n) is 4.64. The predicted molar refractivity (Wildman–Crippen MR) is 76.3 cm³/mol. The van der Waals surface area contributed by atoms with Crippen molar-refractivity contribution in [2.45, 2.75) is 33.4 Å². The van der Waals surface area contributed by atoms with E-state index in [4.69, 9.17) is 15.9 Å². The number of rotatable bonds is 9. The molecule has 0 radical (unpaired) electrons. The summed E-state index contributed by atoms with van der Waals surface area (Å²) in [6.07, 6.45) is 0.586. The Labute approximate surface area is 115 Å². The molecule has 0 aromatic carbocycles. The van der Waals surface area contributed by atoms with Gasteiger partial charge < -0.3 is 10.5 Å². The molecule has 0 spiro atoms. The molecule has 0 bridgehead atoms. The zero-order chi connectivity index (χ0) is 14.3. The van der Waals surface area contributed by atoms with Gasteiger partial charge in [0.05, 0.1) is 23.8 Å². The van der Waals surface area contributed by atoms with Crippen LogP contribution in [-0.2, 0) is 17.8 Å². The van der Waals surface area contributed by atoms with E-state index in [9.17, 15) is 0 Å². The summed E-state index contributed by atoms with van der Waals surface area (Å²) in [7, 11) is 1.70. The molecular formula is C13H25N5O. The van der Waals surface area contributed by atoms with Crippen LogP contribution in [0.15, 0.2) is 6.07 Å². The van der Waals surface area contributed by atoms with Crippen molar-refractivity contribution >= 4 is 5.84 Å². The highest BCUT2D eigenvalue weighted by Crippen LogP contribution is 2.08. The van der Waals surface area contributed by atoms with E-state index in [2.05, 4.69) is 23.0 Å². The van der Waals surface area contributed by atoms with Crippen molar-refractivity contribution in [2.75, 3.05) is 26.8 Å². The molecule has 0 atom stereocenters. The van der Waals surface area contributed by atoms with Gasteiger partial charge in [0, 0.05) is 39.7 Å². The van der Waals surface area contributed by atoms with Gasteiger partial charge in [-0.3, -0.25) is 15.0 Å². The molecule has 0 amide bonds. The third-order valence-corrected chi connectivity index (χ3v) is 2.98. The fraction of sp³-hybridized carbons (Fsp3) is 0.692. The summed E-state index contributed by atoms with van der Waals surface area (Å²) in [4.78, 5) is 2.24. The molecule has 0 aliphatic rings. The van der Waals surface area contributed by atoms with E-state index in [-0.39, 0.29) is 5.84 Å². The Bertz CT molecular complexity index is 402. The monoisotopic (exact) mass is 267 g/mol. The van der Waals surface area contributed by atoms with Gasteiger partial charge in [-0.15, -0.1) is 0 Å². The molecule has 6 nitrogen and oxygen atoms in total. The van der Waals surface area contributed by atoms with Crippen LogP contribution in [0, 0.1) is 12.3 Å². The Morgan fingerprint density at radius 2 is 2.26 bits per heavy atom. The number of nitrogens with one attached hydrogen (secondary N) is 1. The van der Waals surface area contributed by atoms with Gasteiger partial charge in [-0.1, -0.05) is 0 Å². The lowest BCUT2D eigenvalue weighted by Crippen LogP contribution is -2.31. The summed E-state index contributed by atoms with van der Waals surface area (Å²) in [5.41, 5.74) is 7.66. The Morgan fingerprint density at radius 3 is 2.84 bits per heavy atom. The maximum absolute atomic E-state index is 7.33. The topological polar surface area (TPSA) is 80.2 Å². The summed E-state index contributed by atoms with van der Waals surface area (Å²) in [5.74, 6) is 0.225.